The normalized spacial score (nSPS) is 10.6. The number of hydrogen-bond donors (Lipinski definition) is 2. The SMILES string of the molecule is Cc1oc(C(=O)O)cc1CNc1c(Cl)cc(F)cc1Cl. The highest BCUT2D eigenvalue weighted by Gasteiger charge is 2.14. The van der Waals surface area contributed by atoms with Gasteiger partial charge in [-0.3, -0.25) is 0 Å². The van der Waals surface area contributed by atoms with E-state index in [-0.39, 0.29) is 22.4 Å². The minimum absolute atomic E-state index is 0.143. The first-order chi connectivity index (χ1) is 9.38. The summed E-state index contributed by atoms with van der Waals surface area (Å²) in [6.45, 7) is 1.91. The summed E-state index contributed by atoms with van der Waals surface area (Å²) in [5, 5.41) is 12.1. The first kappa shape index (κ1) is 14.7. The number of halogens is 3. The van der Waals surface area contributed by atoms with Gasteiger partial charge in [-0.1, -0.05) is 23.2 Å². The molecule has 0 aliphatic heterocycles. The van der Waals surface area contributed by atoms with Crippen LogP contribution < -0.4 is 5.32 Å². The maximum absolute atomic E-state index is 13.1. The van der Waals surface area contributed by atoms with Gasteiger partial charge in [-0.2, -0.15) is 0 Å². The summed E-state index contributed by atoms with van der Waals surface area (Å²) < 4.78 is 18.1. The van der Waals surface area contributed by atoms with Crippen LogP contribution in [0.3, 0.4) is 0 Å². The van der Waals surface area contributed by atoms with Crippen LogP contribution in [-0.2, 0) is 6.54 Å². The van der Waals surface area contributed by atoms with Crippen molar-refractivity contribution in [1.29, 1.82) is 0 Å². The fraction of sp³-hybridized carbons (Fsp3) is 0.154. The summed E-state index contributed by atoms with van der Waals surface area (Å²) in [5.41, 5.74) is 1.03. The predicted octanol–water partition coefficient (Wildman–Crippen LogP) is 4.34. The Kier molecular flexibility index (Phi) is 4.20. The van der Waals surface area contributed by atoms with Gasteiger partial charge in [-0.05, 0) is 25.1 Å². The Hall–Kier alpha value is -1.72. The first-order valence-corrected chi connectivity index (χ1v) is 6.35. The third-order valence-corrected chi connectivity index (χ3v) is 3.29. The minimum atomic E-state index is -1.14. The van der Waals surface area contributed by atoms with Crippen LogP contribution in [0.15, 0.2) is 22.6 Å². The van der Waals surface area contributed by atoms with Crippen molar-refractivity contribution in [3.8, 4) is 0 Å². The highest BCUT2D eigenvalue weighted by atomic mass is 35.5. The molecule has 0 saturated heterocycles. The molecule has 7 heteroatoms. The molecule has 0 saturated carbocycles. The molecule has 0 bridgehead atoms. The molecular weight excluding hydrogens is 308 g/mol. The number of furan rings is 1. The van der Waals surface area contributed by atoms with Crippen LogP contribution in [0.4, 0.5) is 10.1 Å². The lowest BCUT2D eigenvalue weighted by Gasteiger charge is -2.10. The van der Waals surface area contributed by atoms with Gasteiger partial charge < -0.3 is 14.8 Å². The van der Waals surface area contributed by atoms with Crippen molar-refractivity contribution >= 4 is 34.9 Å². The second-order valence-corrected chi connectivity index (χ2v) is 4.91. The van der Waals surface area contributed by atoms with E-state index in [1.54, 1.807) is 6.92 Å². The Labute approximate surface area is 124 Å². The molecule has 0 amide bonds. The van der Waals surface area contributed by atoms with E-state index in [0.717, 1.165) is 12.1 Å². The number of nitrogens with one attached hydrogen (secondary N) is 1. The van der Waals surface area contributed by atoms with E-state index < -0.39 is 11.8 Å². The highest BCUT2D eigenvalue weighted by Crippen LogP contribution is 2.32. The molecule has 0 atom stereocenters. The van der Waals surface area contributed by atoms with Crippen molar-refractivity contribution in [2.75, 3.05) is 5.32 Å². The van der Waals surface area contributed by atoms with E-state index >= 15 is 0 Å². The molecule has 0 unspecified atom stereocenters. The second kappa shape index (κ2) is 5.73. The van der Waals surface area contributed by atoms with Crippen molar-refractivity contribution in [1.82, 2.24) is 0 Å². The van der Waals surface area contributed by atoms with Crippen molar-refractivity contribution in [3.63, 3.8) is 0 Å². The zero-order valence-corrected chi connectivity index (χ0v) is 11.8. The summed E-state index contributed by atoms with van der Waals surface area (Å²) in [7, 11) is 0. The lowest BCUT2D eigenvalue weighted by Crippen LogP contribution is -2.01. The van der Waals surface area contributed by atoms with Crippen LogP contribution in [0.1, 0.15) is 21.9 Å². The monoisotopic (exact) mass is 317 g/mol. The van der Waals surface area contributed by atoms with Crippen LogP contribution in [0.5, 0.6) is 0 Å². The molecule has 0 aliphatic carbocycles. The molecule has 0 radical (unpaired) electrons. The number of carbonyl (C=O) groups is 1. The fourth-order valence-electron chi connectivity index (χ4n) is 1.70. The van der Waals surface area contributed by atoms with E-state index in [9.17, 15) is 9.18 Å². The van der Waals surface area contributed by atoms with Crippen LogP contribution in [-0.4, -0.2) is 11.1 Å². The van der Waals surface area contributed by atoms with Crippen LogP contribution in [0, 0.1) is 12.7 Å². The molecule has 4 nitrogen and oxygen atoms in total. The average Bonchev–Trinajstić information content (AvgIpc) is 2.70. The third kappa shape index (κ3) is 3.05. The predicted molar refractivity (Wildman–Crippen MR) is 74.2 cm³/mol. The second-order valence-electron chi connectivity index (χ2n) is 4.10. The van der Waals surface area contributed by atoms with Gasteiger partial charge in [0.15, 0.2) is 0 Å². The number of anilines is 1. The lowest BCUT2D eigenvalue weighted by molar-refractivity contribution is 0.0661. The van der Waals surface area contributed by atoms with Crippen LogP contribution in [0.25, 0.3) is 0 Å². The van der Waals surface area contributed by atoms with Gasteiger partial charge >= 0.3 is 5.97 Å². The Bertz CT molecular complexity index is 647. The zero-order chi connectivity index (χ0) is 14.9. The summed E-state index contributed by atoms with van der Waals surface area (Å²) in [5.74, 6) is -1.34. The summed E-state index contributed by atoms with van der Waals surface area (Å²) in [6, 6.07) is 3.69. The van der Waals surface area contributed by atoms with Crippen molar-refractivity contribution in [3.05, 3.63) is 51.1 Å². The van der Waals surface area contributed by atoms with Gasteiger partial charge in [0.2, 0.25) is 5.76 Å². The van der Waals surface area contributed by atoms with Crippen LogP contribution in [0.2, 0.25) is 10.0 Å². The Balaban J connectivity index is 2.19. The van der Waals surface area contributed by atoms with E-state index in [1.165, 1.54) is 6.07 Å². The van der Waals surface area contributed by atoms with Crippen molar-refractivity contribution < 1.29 is 18.7 Å². The number of aromatic carboxylic acids is 1. The van der Waals surface area contributed by atoms with Gasteiger partial charge in [0.25, 0.3) is 0 Å². The third-order valence-electron chi connectivity index (χ3n) is 2.69. The number of aryl methyl sites for hydroxylation is 1. The topological polar surface area (TPSA) is 62.5 Å². The number of benzene rings is 1. The molecule has 0 aliphatic rings. The molecule has 1 heterocycles. The number of rotatable bonds is 4. The number of carboxylic acid groups (broad SMARTS) is 1. The van der Waals surface area contributed by atoms with E-state index in [0.29, 0.717) is 17.0 Å². The molecule has 106 valence electrons. The highest BCUT2D eigenvalue weighted by molar-refractivity contribution is 6.39. The van der Waals surface area contributed by atoms with Gasteiger partial charge in [0, 0.05) is 12.1 Å². The summed E-state index contributed by atoms with van der Waals surface area (Å²) in [4.78, 5) is 10.8. The van der Waals surface area contributed by atoms with Crippen molar-refractivity contribution in [2.24, 2.45) is 0 Å². The molecule has 0 fully saturated rings. The smallest absolute Gasteiger partial charge is 0.371 e. The van der Waals surface area contributed by atoms with E-state index in [2.05, 4.69) is 5.32 Å². The molecule has 1 aromatic carbocycles. The minimum Gasteiger partial charge on any atom is -0.475 e. The van der Waals surface area contributed by atoms with E-state index in [4.69, 9.17) is 32.7 Å². The van der Waals surface area contributed by atoms with E-state index in [1.807, 2.05) is 0 Å². The standard InChI is InChI=1S/C13H10Cl2FNO3/c1-6-7(2-11(20-6)13(18)19)5-17-12-9(14)3-8(16)4-10(12)15/h2-4,17H,5H2,1H3,(H,18,19). The quantitative estimate of drug-likeness (QED) is 0.880. The lowest BCUT2D eigenvalue weighted by atomic mass is 10.2. The van der Waals surface area contributed by atoms with Crippen molar-refractivity contribution in [2.45, 2.75) is 13.5 Å². The Morgan fingerprint density at radius 3 is 2.45 bits per heavy atom. The summed E-state index contributed by atoms with van der Waals surface area (Å²) in [6.07, 6.45) is 0. The molecule has 0 spiro atoms. The molecule has 2 rings (SSSR count). The van der Waals surface area contributed by atoms with Gasteiger partial charge in [-0.15, -0.1) is 0 Å². The Morgan fingerprint density at radius 2 is 1.95 bits per heavy atom. The number of hydrogen-bond acceptors (Lipinski definition) is 3. The largest absolute Gasteiger partial charge is 0.475 e. The molecule has 2 aromatic rings. The number of carboxylic acids is 1. The summed E-state index contributed by atoms with van der Waals surface area (Å²) >= 11 is 11.8. The van der Waals surface area contributed by atoms with Gasteiger partial charge in [0.1, 0.15) is 11.6 Å². The Morgan fingerprint density at radius 1 is 1.35 bits per heavy atom. The zero-order valence-electron chi connectivity index (χ0n) is 10.3. The molecule has 2 N–H and O–H groups in total. The first-order valence-electron chi connectivity index (χ1n) is 5.59. The maximum Gasteiger partial charge on any atom is 0.371 e. The molecular formula is C13H10Cl2FNO3. The molecule has 20 heavy (non-hydrogen) atoms. The molecule has 1 aromatic heterocycles. The fourth-order valence-corrected chi connectivity index (χ4v) is 2.29. The van der Waals surface area contributed by atoms with Gasteiger partial charge in [-0.25, -0.2) is 9.18 Å². The van der Waals surface area contributed by atoms with Crippen LogP contribution >= 0.6 is 23.2 Å². The maximum atomic E-state index is 13.1. The average molecular weight is 318 g/mol. The van der Waals surface area contributed by atoms with Gasteiger partial charge in [0.05, 0.1) is 15.7 Å².